The van der Waals surface area contributed by atoms with Gasteiger partial charge in [-0.15, -0.1) is 0 Å². The first kappa shape index (κ1) is 13.3. The Labute approximate surface area is 98.3 Å². The standard InChI is InChI=1S/C9H4ClF4N3/c10-8(9(12,13)14)17-16-6-1-2-7(11)5(3-6)4-15/h1-3,16H/b17-8+. The van der Waals surface area contributed by atoms with Crippen molar-refractivity contribution in [2.75, 3.05) is 5.43 Å². The zero-order valence-electron chi connectivity index (χ0n) is 8.02. The number of rotatable bonds is 2. The molecule has 3 nitrogen and oxygen atoms in total. The molecule has 0 aliphatic carbocycles. The average molecular weight is 266 g/mol. The first-order chi connectivity index (χ1) is 7.84. The monoisotopic (exact) mass is 265 g/mol. The molecule has 0 heterocycles. The van der Waals surface area contributed by atoms with E-state index in [-0.39, 0.29) is 11.3 Å². The summed E-state index contributed by atoms with van der Waals surface area (Å²) in [5, 5.41) is 9.74. The van der Waals surface area contributed by atoms with Gasteiger partial charge in [0, 0.05) is 0 Å². The summed E-state index contributed by atoms with van der Waals surface area (Å²) in [6, 6.07) is 4.60. The lowest BCUT2D eigenvalue weighted by Gasteiger charge is -2.05. The summed E-state index contributed by atoms with van der Waals surface area (Å²) < 4.78 is 48.7. The first-order valence-electron chi connectivity index (χ1n) is 4.10. The van der Waals surface area contributed by atoms with Crippen LogP contribution in [0, 0.1) is 17.1 Å². The van der Waals surface area contributed by atoms with Crippen LogP contribution >= 0.6 is 11.6 Å². The molecule has 1 aromatic carbocycles. The summed E-state index contributed by atoms with van der Waals surface area (Å²) in [5.41, 5.74) is 1.68. The van der Waals surface area contributed by atoms with Crippen molar-refractivity contribution in [3.05, 3.63) is 29.6 Å². The van der Waals surface area contributed by atoms with Crippen LogP contribution < -0.4 is 5.43 Å². The molecule has 90 valence electrons. The Balaban J connectivity index is 2.88. The summed E-state index contributed by atoms with van der Waals surface area (Å²) in [6.45, 7) is 0. The lowest BCUT2D eigenvalue weighted by Crippen LogP contribution is -2.18. The van der Waals surface area contributed by atoms with Crippen molar-refractivity contribution < 1.29 is 17.6 Å². The third-order valence-electron chi connectivity index (χ3n) is 1.60. The summed E-state index contributed by atoms with van der Waals surface area (Å²) in [4.78, 5) is 0. The van der Waals surface area contributed by atoms with E-state index in [1.54, 1.807) is 0 Å². The molecule has 0 amide bonds. The van der Waals surface area contributed by atoms with Gasteiger partial charge in [-0.3, -0.25) is 5.43 Å². The van der Waals surface area contributed by atoms with E-state index in [0.29, 0.717) is 0 Å². The van der Waals surface area contributed by atoms with E-state index in [4.69, 9.17) is 16.9 Å². The van der Waals surface area contributed by atoms with Crippen molar-refractivity contribution in [2.24, 2.45) is 5.10 Å². The first-order valence-corrected chi connectivity index (χ1v) is 4.48. The van der Waals surface area contributed by atoms with Crippen LogP contribution in [0.1, 0.15) is 5.56 Å². The average Bonchev–Trinajstić information content (AvgIpc) is 2.26. The number of hydrogen-bond donors (Lipinski definition) is 1. The van der Waals surface area contributed by atoms with Crippen LogP contribution in [0.3, 0.4) is 0 Å². The molecular weight excluding hydrogens is 262 g/mol. The fraction of sp³-hybridized carbons (Fsp3) is 0.111. The predicted molar refractivity (Wildman–Crippen MR) is 54.1 cm³/mol. The molecule has 0 aromatic heterocycles. The van der Waals surface area contributed by atoms with Crippen molar-refractivity contribution in [3.8, 4) is 6.07 Å². The molecule has 8 heteroatoms. The molecule has 1 rings (SSSR count). The third kappa shape index (κ3) is 3.60. The van der Waals surface area contributed by atoms with Crippen LogP contribution in [-0.2, 0) is 0 Å². The minimum atomic E-state index is -4.76. The minimum Gasteiger partial charge on any atom is -0.277 e. The Morgan fingerprint density at radius 1 is 1.41 bits per heavy atom. The largest absolute Gasteiger partial charge is 0.446 e. The number of hydrazone groups is 1. The van der Waals surface area contributed by atoms with Gasteiger partial charge in [0.15, 0.2) is 0 Å². The second kappa shape index (κ2) is 5.01. The van der Waals surface area contributed by atoms with Crippen LogP contribution in [0.15, 0.2) is 23.3 Å². The molecule has 0 unspecified atom stereocenters. The topological polar surface area (TPSA) is 48.2 Å². The van der Waals surface area contributed by atoms with Gasteiger partial charge in [0.05, 0.1) is 11.3 Å². The molecule has 1 N–H and O–H groups in total. The van der Waals surface area contributed by atoms with Gasteiger partial charge in [0.25, 0.3) is 0 Å². The Kier molecular flexibility index (Phi) is 3.91. The normalized spacial score (nSPS) is 12.1. The number of alkyl halides is 3. The number of nitrogens with zero attached hydrogens (tertiary/aromatic N) is 2. The van der Waals surface area contributed by atoms with Crippen molar-refractivity contribution in [1.29, 1.82) is 5.26 Å². The Bertz CT molecular complexity index is 490. The molecule has 0 aliphatic rings. The Morgan fingerprint density at radius 2 is 2.06 bits per heavy atom. The van der Waals surface area contributed by atoms with E-state index >= 15 is 0 Å². The number of benzene rings is 1. The second-order valence-electron chi connectivity index (χ2n) is 2.82. The summed E-state index contributed by atoms with van der Waals surface area (Å²) >= 11 is 4.84. The van der Waals surface area contributed by atoms with Gasteiger partial charge in [-0.2, -0.15) is 23.5 Å². The lowest BCUT2D eigenvalue weighted by atomic mass is 10.2. The summed E-state index contributed by atoms with van der Waals surface area (Å²) in [7, 11) is 0. The van der Waals surface area contributed by atoms with E-state index in [9.17, 15) is 17.6 Å². The van der Waals surface area contributed by atoms with Crippen molar-refractivity contribution in [3.63, 3.8) is 0 Å². The van der Waals surface area contributed by atoms with Gasteiger partial charge < -0.3 is 0 Å². The molecule has 0 spiro atoms. The Hall–Kier alpha value is -1.81. The van der Waals surface area contributed by atoms with Crippen LogP contribution in [0.4, 0.5) is 23.2 Å². The van der Waals surface area contributed by atoms with Crippen LogP contribution in [0.2, 0.25) is 0 Å². The highest BCUT2D eigenvalue weighted by atomic mass is 35.5. The smallest absolute Gasteiger partial charge is 0.277 e. The van der Waals surface area contributed by atoms with Crippen LogP contribution in [0.25, 0.3) is 0 Å². The molecular formula is C9H4ClF4N3. The molecule has 0 atom stereocenters. The molecule has 0 fully saturated rings. The molecule has 0 radical (unpaired) electrons. The number of anilines is 1. The Morgan fingerprint density at radius 3 is 2.59 bits per heavy atom. The number of halogens is 5. The van der Waals surface area contributed by atoms with Crippen LogP contribution in [0.5, 0.6) is 0 Å². The molecule has 0 saturated carbocycles. The van der Waals surface area contributed by atoms with E-state index in [2.05, 4.69) is 5.10 Å². The summed E-state index contributed by atoms with van der Waals surface area (Å²) in [5.74, 6) is -0.774. The van der Waals surface area contributed by atoms with E-state index in [1.807, 2.05) is 5.43 Å². The number of nitrogens with one attached hydrogen (secondary N) is 1. The second-order valence-corrected chi connectivity index (χ2v) is 3.18. The fourth-order valence-electron chi connectivity index (χ4n) is 0.858. The summed E-state index contributed by atoms with van der Waals surface area (Å²) in [6.07, 6.45) is -4.76. The number of hydrogen-bond acceptors (Lipinski definition) is 3. The third-order valence-corrected chi connectivity index (χ3v) is 1.90. The van der Waals surface area contributed by atoms with Gasteiger partial charge in [0.1, 0.15) is 11.9 Å². The van der Waals surface area contributed by atoms with E-state index < -0.39 is 17.2 Å². The van der Waals surface area contributed by atoms with Crippen LogP contribution in [-0.4, -0.2) is 11.3 Å². The lowest BCUT2D eigenvalue weighted by molar-refractivity contribution is -0.0559. The van der Waals surface area contributed by atoms with Gasteiger partial charge in [-0.25, -0.2) is 4.39 Å². The van der Waals surface area contributed by atoms with E-state index in [0.717, 1.165) is 18.2 Å². The number of nitriles is 1. The van der Waals surface area contributed by atoms with Gasteiger partial charge in [-0.1, -0.05) is 11.6 Å². The highest BCUT2D eigenvalue weighted by Gasteiger charge is 2.34. The SMILES string of the molecule is N#Cc1cc(N/N=C(/Cl)C(F)(F)F)ccc1F. The van der Waals surface area contributed by atoms with Crippen molar-refractivity contribution in [1.82, 2.24) is 0 Å². The zero-order chi connectivity index (χ0) is 13.1. The highest BCUT2D eigenvalue weighted by molar-refractivity contribution is 6.66. The zero-order valence-corrected chi connectivity index (χ0v) is 8.77. The van der Waals surface area contributed by atoms with Gasteiger partial charge in [0.2, 0.25) is 5.17 Å². The van der Waals surface area contributed by atoms with Crippen molar-refractivity contribution >= 4 is 22.5 Å². The molecule has 0 saturated heterocycles. The van der Waals surface area contributed by atoms with Gasteiger partial charge >= 0.3 is 6.18 Å². The molecule has 1 aromatic rings. The van der Waals surface area contributed by atoms with Gasteiger partial charge in [-0.05, 0) is 18.2 Å². The van der Waals surface area contributed by atoms with Crippen molar-refractivity contribution in [2.45, 2.75) is 6.18 Å². The maximum Gasteiger partial charge on any atom is 0.446 e. The molecule has 17 heavy (non-hydrogen) atoms. The quantitative estimate of drug-likeness (QED) is 0.507. The highest BCUT2D eigenvalue weighted by Crippen LogP contribution is 2.20. The maximum atomic E-state index is 12.9. The maximum absolute atomic E-state index is 12.9. The molecule has 0 bridgehead atoms. The minimum absolute atomic E-state index is 0.0188. The predicted octanol–water partition coefficient (Wildman–Crippen LogP) is 3.22. The fourth-order valence-corrected chi connectivity index (χ4v) is 0.900. The molecule has 0 aliphatic heterocycles. The van der Waals surface area contributed by atoms with E-state index in [1.165, 1.54) is 6.07 Å².